The van der Waals surface area contributed by atoms with E-state index >= 15 is 0 Å². The SMILES string of the molecule is C=CCOC(=O)N(CC(=O)N[C@@H](Cc1ccccc1)CN(CC(=O)N[C@@H](CCCCN)CN(CC(=O)N[C@@H](CC(C)C)CN(CC(N)=O)C(=O)CC(C)C)C(=O)CC(C)C)C(O)CCc1ccccc1)C[C@@H](N)CCCCN. The number of benzene rings is 2. The average molecular weight is 1090 g/mol. The van der Waals surface area contributed by atoms with Crippen molar-refractivity contribution in [3.8, 4) is 0 Å². The largest absolute Gasteiger partial charge is 0.445 e. The second kappa shape index (κ2) is 38.6. The van der Waals surface area contributed by atoms with E-state index in [1.165, 1.54) is 20.8 Å². The van der Waals surface area contributed by atoms with Gasteiger partial charge in [-0.05, 0) is 93.3 Å². The van der Waals surface area contributed by atoms with Gasteiger partial charge in [0.15, 0.2) is 0 Å². The Kier molecular flexibility index (Phi) is 33.7. The average Bonchev–Trinajstić information content (AvgIpc) is 3.36. The Bertz CT molecular complexity index is 2080. The van der Waals surface area contributed by atoms with Crippen LogP contribution in [0.3, 0.4) is 0 Å². The molecule has 20 nitrogen and oxygen atoms in total. The quantitative estimate of drug-likeness (QED) is 0.0269. The van der Waals surface area contributed by atoms with Crippen molar-refractivity contribution >= 4 is 41.5 Å². The zero-order valence-corrected chi connectivity index (χ0v) is 47.8. The number of amides is 7. The molecule has 2 aromatic rings. The van der Waals surface area contributed by atoms with Gasteiger partial charge in [0, 0.05) is 63.2 Å². The summed E-state index contributed by atoms with van der Waals surface area (Å²) >= 11 is 0. The summed E-state index contributed by atoms with van der Waals surface area (Å²) in [6.07, 6.45) is 5.11. The molecule has 0 aliphatic rings. The standard InChI is InChI=1S/C58H97N11O9/c1-8-29-78-58(77)69(34-47(61)23-15-17-27-59)41-54(73)65-50(33-46-21-13-10-14-22-46)37-67(55(74)26-25-45-19-11-9-12-20-45)39-52(71)63-48(24-16-18-28-60)35-68(57(76)32-44(6)7)40-53(72)64-49(30-42(2)3)36-66(38-51(62)70)56(75)31-43(4)5/h8-14,19-22,42-44,47-50,55,74H,1,15-18,23-41,59-61H2,2-7H3,(H2,62,70)(H,63,71)(H,64,72)(H,65,73)/t47-,48-,49-,50-,55?/m0/s1. The molecule has 0 heterocycles. The summed E-state index contributed by atoms with van der Waals surface area (Å²) in [5.41, 5.74) is 25.4. The second-order valence-electron chi connectivity index (χ2n) is 21.8. The highest BCUT2D eigenvalue weighted by molar-refractivity contribution is 5.86. The summed E-state index contributed by atoms with van der Waals surface area (Å²) in [4.78, 5) is 101. The van der Waals surface area contributed by atoms with Crippen molar-refractivity contribution in [1.82, 2.24) is 35.6 Å². The van der Waals surface area contributed by atoms with Crippen molar-refractivity contribution in [3.05, 3.63) is 84.4 Å². The first-order valence-corrected chi connectivity index (χ1v) is 28.0. The monoisotopic (exact) mass is 1090 g/mol. The molecule has 0 saturated heterocycles. The third-order valence-corrected chi connectivity index (χ3v) is 12.8. The van der Waals surface area contributed by atoms with Crippen LogP contribution in [0.15, 0.2) is 73.3 Å². The number of carbonyl (C=O) groups is 7. The third-order valence-electron chi connectivity index (χ3n) is 12.8. The zero-order valence-electron chi connectivity index (χ0n) is 47.8. The highest BCUT2D eigenvalue weighted by Crippen LogP contribution is 2.16. The molecule has 0 fully saturated rings. The lowest BCUT2D eigenvalue weighted by Gasteiger charge is -2.34. The van der Waals surface area contributed by atoms with Gasteiger partial charge in [0.2, 0.25) is 35.4 Å². The maximum Gasteiger partial charge on any atom is 0.410 e. The zero-order chi connectivity index (χ0) is 58.0. The van der Waals surface area contributed by atoms with E-state index in [4.69, 9.17) is 27.7 Å². The predicted molar refractivity (Wildman–Crippen MR) is 306 cm³/mol. The molecule has 0 aliphatic heterocycles. The van der Waals surface area contributed by atoms with Crippen LogP contribution >= 0.6 is 0 Å². The molecular formula is C58H97N11O9. The number of carbonyl (C=O) groups excluding carboxylic acids is 7. The van der Waals surface area contributed by atoms with Crippen molar-refractivity contribution in [3.63, 3.8) is 0 Å². The summed E-state index contributed by atoms with van der Waals surface area (Å²) in [6.45, 7) is 14.8. The normalized spacial score (nSPS) is 13.3. The molecule has 5 atom stereocenters. The molecule has 0 aliphatic carbocycles. The van der Waals surface area contributed by atoms with Gasteiger partial charge in [-0.1, -0.05) is 128 Å². The Hall–Kier alpha value is -5.93. The lowest BCUT2D eigenvalue weighted by atomic mass is 10.0. The molecule has 7 amide bonds. The first-order valence-electron chi connectivity index (χ1n) is 28.0. The number of aliphatic hydroxyl groups is 1. The second-order valence-corrected chi connectivity index (χ2v) is 21.8. The molecule has 0 spiro atoms. The number of nitrogens with one attached hydrogen (secondary N) is 3. The number of hydrogen-bond donors (Lipinski definition) is 8. The molecule has 78 heavy (non-hydrogen) atoms. The van der Waals surface area contributed by atoms with E-state index in [1.807, 2.05) is 102 Å². The number of rotatable bonds is 41. The predicted octanol–water partition coefficient (Wildman–Crippen LogP) is 3.43. The van der Waals surface area contributed by atoms with Crippen LogP contribution in [0.2, 0.25) is 0 Å². The fourth-order valence-corrected chi connectivity index (χ4v) is 9.14. The van der Waals surface area contributed by atoms with Gasteiger partial charge in [-0.2, -0.15) is 0 Å². The van der Waals surface area contributed by atoms with Gasteiger partial charge in [-0.3, -0.25) is 38.6 Å². The molecule has 438 valence electrons. The van der Waals surface area contributed by atoms with Crippen LogP contribution in [0.4, 0.5) is 4.79 Å². The Balaban J connectivity index is 2.53. The first kappa shape index (κ1) is 68.2. The van der Waals surface area contributed by atoms with Gasteiger partial charge >= 0.3 is 6.09 Å². The van der Waals surface area contributed by atoms with Crippen molar-refractivity contribution in [2.24, 2.45) is 40.7 Å². The molecule has 2 rings (SSSR count). The smallest absolute Gasteiger partial charge is 0.410 e. The number of nitrogens with two attached hydrogens (primary N) is 4. The minimum absolute atomic E-state index is 0.0119. The lowest BCUT2D eigenvalue weighted by Crippen LogP contribution is -2.55. The minimum Gasteiger partial charge on any atom is -0.445 e. The lowest BCUT2D eigenvalue weighted by molar-refractivity contribution is -0.138. The number of unbranched alkanes of at least 4 members (excludes halogenated alkanes) is 2. The van der Waals surface area contributed by atoms with Gasteiger partial charge in [0.25, 0.3) is 0 Å². The van der Waals surface area contributed by atoms with Crippen LogP contribution < -0.4 is 38.9 Å². The maximum absolute atomic E-state index is 14.5. The summed E-state index contributed by atoms with van der Waals surface area (Å²) < 4.78 is 5.34. The van der Waals surface area contributed by atoms with Crippen molar-refractivity contribution < 1.29 is 43.4 Å². The third kappa shape index (κ3) is 30.3. The van der Waals surface area contributed by atoms with Crippen molar-refractivity contribution in [2.45, 2.75) is 149 Å². The Morgan fingerprint density at radius 1 is 0.603 bits per heavy atom. The summed E-state index contributed by atoms with van der Waals surface area (Å²) in [5, 5.41) is 21.3. The van der Waals surface area contributed by atoms with E-state index < -0.39 is 60.1 Å². The maximum atomic E-state index is 14.5. The van der Waals surface area contributed by atoms with E-state index in [1.54, 1.807) is 4.90 Å². The molecule has 0 aromatic heterocycles. The van der Waals surface area contributed by atoms with Crippen LogP contribution in [-0.2, 0) is 46.3 Å². The van der Waals surface area contributed by atoms with Crippen LogP contribution in [0, 0.1) is 17.8 Å². The molecular weight excluding hydrogens is 995 g/mol. The number of aliphatic hydroxyl groups excluding tert-OH is 1. The molecule has 12 N–H and O–H groups in total. The summed E-state index contributed by atoms with van der Waals surface area (Å²) in [5.74, 6) is -2.58. The molecule has 0 saturated carbocycles. The molecule has 20 heteroatoms. The molecule has 0 bridgehead atoms. The Morgan fingerprint density at radius 3 is 1.64 bits per heavy atom. The van der Waals surface area contributed by atoms with Gasteiger partial charge in [-0.25, -0.2) is 4.79 Å². The van der Waals surface area contributed by atoms with Crippen molar-refractivity contribution in [2.75, 3.05) is 72.1 Å². The number of nitrogens with zero attached hydrogens (tertiary/aromatic N) is 4. The number of ether oxygens (including phenoxy) is 1. The van der Waals surface area contributed by atoms with E-state index in [0.29, 0.717) is 58.0 Å². The fourth-order valence-electron chi connectivity index (χ4n) is 9.14. The summed E-state index contributed by atoms with van der Waals surface area (Å²) in [6, 6.07) is 16.8. The van der Waals surface area contributed by atoms with Crippen LogP contribution in [-0.4, -0.2) is 169 Å². The molecule has 1 unspecified atom stereocenters. The van der Waals surface area contributed by atoms with E-state index in [9.17, 15) is 38.7 Å². The highest BCUT2D eigenvalue weighted by atomic mass is 16.6. The molecule has 2 aromatic carbocycles. The van der Waals surface area contributed by atoms with E-state index in [0.717, 1.165) is 24.0 Å². The van der Waals surface area contributed by atoms with Gasteiger partial charge in [-0.15, -0.1) is 0 Å². The van der Waals surface area contributed by atoms with E-state index in [-0.39, 0.29) is 108 Å². The highest BCUT2D eigenvalue weighted by Gasteiger charge is 2.30. The summed E-state index contributed by atoms with van der Waals surface area (Å²) in [7, 11) is 0. The minimum atomic E-state index is -1.16. The first-order chi connectivity index (χ1) is 37.1. The number of primary amides is 1. The fraction of sp³-hybridized carbons (Fsp3) is 0.638. The van der Waals surface area contributed by atoms with E-state index in [2.05, 4.69) is 22.5 Å². The van der Waals surface area contributed by atoms with Crippen LogP contribution in [0.25, 0.3) is 0 Å². The van der Waals surface area contributed by atoms with Crippen LogP contribution in [0.1, 0.15) is 117 Å². The van der Waals surface area contributed by atoms with Gasteiger partial charge in [0.1, 0.15) is 19.4 Å². The number of hydrogen-bond acceptors (Lipinski definition) is 13. The van der Waals surface area contributed by atoms with Crippen LogP contribution in [0.5, 0.6) is 0 Å². The van der Waals surface area contributed by atoms with Crippen molar-refractivity contribution in [1.29, 1.82) is 0 Å². The number of aryl methyl sites for hydroxylation is 1. The topological polar surface area (TPSA) is 302 Å². The Labute approximate surface area is 465 Å². The Morgan fingerprint density at radius 2 is 1.10 bits per heavy atom. The van der Waals surface area contributed by atoms with Gasteiger partial charge in [0.05, 0.1) is 19.6 Å². The van der Waals surface area contributed by atoms with Gasteiger partial charge < -0.3 is 58.5 Å². The molecule has 0 radical (unpaired) electrons.